The molecule has 0 spiro atoms. The molecule has 0 radical (unpaired) electrons. The molecule has 2 aliphatic rings. The summed E-state index contributed by atoms with van der Waals surface area (Å²) < 4.78 is 5.98. The van der Waals surface area contributed by atoms with Gasteiger partial charge in [-0.2, -0.15) is 0 Å². The van der Waals surface area contributed by atoms with Crippen LogP contribution in [0.25, 0.3) is 0 Å². The largest absolute Gasteiger partial charge is 0.373 e. The zero-order valence-electron chi connectivity index (χ0n) is 11.9. The van der Waals surface area contributed by atoms with Gasteiger partial charge in [0.1, 0.15) is 0 Å². The van der Waals surface area contributed by atoms with Crippen LogP contribution in [0.1, 0.15) is 49.3 Å². The van der Waals surface area contributed by atoms with Crippen LogP contribution in [0.2, 0.25) is 0 Å². The molecule has 2 heteroatoms. The smallest absolute Gasteiger partial charge is 0.0827 e. The Hall–Kier alpha value is -0.860. The standard InChI is InChI=1S/C17H25NO/c1-18-16(14-9-10-14)7-4-8-17-15-6-3-2-5-13(15)11-12-19-17/h2-3,5-6,14,16-18H,4,7-12H2,1H3. The molecule has 1 fully saturated rings. The first kappa shape index (κ1) is 13.1. The van der Waals surface area contributed by atoms with Crippen LogP contribution in [0.3, 0.4) is 0 Å². The molecule has 1 N–H and O–H groups in total. The third-order valence-corrected chi connectivity index (χ3v) is 4.64. The third kappa shape index (κ3) is 3.18. The molecule has 0 bridgehead atoms. The first-order valence-corrected chi connectivity index (χ1v) is 7.75. The number of hydrogen-bond donors (Lipinski definition) is 1. The maximum atomic E-state index is 5.98. The van der Waals surface area contributed by atoms with E-state index in [1.807, 2.05) is 0 Å². The average molecular weight is 259 g/mol. The fraction of sp³-hybridized carbons (Fsp3) is 0.647. The Balaban J connectivity index is 1.53. The van der Waals surface area contributed by atoms with E-state index in [-0.39, 0.29) is 0 Å². The van der Waals surface area contributed by atoms with Gasteiger partial charge in [-0.3, -0.25) is 0 Å². The summed E-state index contributed by atoms with van der Waals surface area (Å²) in [6.45, 7) is 0.889. The van der Waals surface area contributed by atoms with Crippen molar-refractivity contribution in [1.29, 1.82) is 0 Å². The number of benzene rings is 1. The minimum absolute atomic E-state index is 0.335. The van der Waals surface area contributed by atoms with Crippen LogP contribution >= 0.6 is 0 Å². The van der Waals surface area contributed by atoms with Crippen molar-refractivity contribution >= 4 is 0 Å². The highest BCUT2D eigenvalue weighted by Gasteiger charge is 2.30. The predicted molar refractivity (Wildman–Crippen MR) is 78.3 cm³/mol. The Kier molecular flexibility index (Phi) is 4.19. The molecule has 1 aromatic carbocycles. The first-order chi connectivity index (χ1) is 9.38. The van der Waals surface area contributed by atoms with Gasteiger partial charge in [0.15, 0.2) is 0 Å². The van der Waals surface area contributed by atoms with Crippen molar-refractivity contribution < 1.29 is 4.74 Å². The zero-order valence-corrected chi connectivity index (χ0v) is 11.9. The SMILES string of the molecule is CNC(CCCC1OCCc2ccccc21)C1CC1. The second kappa shape index (κ2) is 6.06. The van der Waals surface area contributed by atoms with Gasteiger partial charge in [0.25, 0.3) is 0 Å². The van der Waals surface area contributed by atoms with Crippen LogP contribution in [0, 0.1) is 5.92 Å². The maximum Gasteiger partial charge on any atom is 0.0827 e. The van der Waals surface area contributed by atoms with Gasteiger partial charge in [-0.15, -0.1) is 0 Å². The zero-order chi connectivity index (χ0) is 13.1. The van der Waals surface area contributed by atoms with E-state index in [9.17, 15) is 0 Å². The fourth-order valence-corrected chi connectivity index (χ4v) is 3.35. The van der Waals surface area contributed by atoms with Crippen molar-refractivity contribution in [3.8, 4) is 0 Å². The lowest BCUT2D eigenvalue weighted by molar-refractivity contribution is 0.0343. The summed E-state index contributed by atoms with van der Waals surface area (Å²) in [5.74, 6) is 0.949. The Morgan fingerprint density at radius 1 is 1.32 bits per heavy atom. The van der Waals surface area contributed by atoms with Gasteiger partial charge < -0.3 is 10.1 Å². The molecule has 1 aliphatic heterocycles. The first-order valence-electron chi connectivity index (χ1n) is 7.75. The lowest BCUT2D eigenvalue weighted by Gasteiger charge is -2.26. The number of rotatable bonds is 6. The highest BCUT2D eigenvalue weighted by atomic mass is 16.5. The average Bonchev–Trinajstić information content (AvgIpc) is 3.28. The van der Waals surface area contributed by atoms with Gasteiger partial charge >= 0.3 is 0 Å². The van der Waals surface area contributed by atoms with Crippen molar-refractivity contribution in [3.63, 3.8) is 0 Å². The highest BCUT2D eigenvalue weighted by Crippen LogP contribution is 2.36. The molecule has 2 atom stereocenters. The van der Waals surface area contributed by atoms with Crippen molar-refractivity contribution in [2.75, 3.05) is 13.7 Å². The summed E-state index contributed by atoms with van der Waals surface area (Å²) in [5.41, 5.74) is 2.92. The van der Waals surface area contributed by atoms with Crippen LogP contribution in [0.5, 0.6) is 0 Å². The lowest BCUT2D eigenvalue weighted by Crippen LogP contribution is -2.27. The molecule has 2 unspecified atom stereocenters. The molecule has 0 saturated heterocycles. The van der Waals surface area contributed by atoms with Crippen LogP contribution < -0.4 is 5.32 Å². The number of ether oxygens (including phenoxy) is 1. The summed E-state index contributed by atoms with van der Waals surface area (Å²) in [4.78, 5) is 0. The molecular weight excluding hydrogens is 234 g/mol. The summed E-state index contributed by atoms with van der Waals surface area (Å²) in [6, 6.07) is 9.52. The summed E-state index contributed by atoms with van der Waals surface area (Å²) >= 11 is 0. The van der Waals surface area contributed by atoms with Gasteiger partial charge in [0.05, 0.1) is 12.7 Å². The molecule has 19 heavy (non-hydrogen) atoms. The number of hydrogen-bond acceptors (Lipinski definition) is 2. The Bertz CT molecular complexity index is 413. The van der Waals surface area contributed by atoms with Gasteiger partial charge in [-0.25, -0.2) is 0 Å². The quantitative estimate of drug-likeness (QED) is 0.844. The molecule has 0 amide bonds. The van der Waals surface area contributed by atoms with E-state index in [2.05, 4.69) is 36.6 Å². The number of nitrogens with one attached hydrogen (secondary N) is 1. The minimum Gasteiger partial charge on any atom is -0.373 e. The Morgan fingerprint density at radius 3 is 2.95 bits per heavy atom. The van der Waals surface area contributed by atoms with E-state index in [1.165, 1.54) is 43.2 Å². The van der Waals surface area contributed by atoms with Gasteiger partial charge in [-0.05, 0) is 62.6 Å². The molecule has 0 aromatic heterocycles. The van der Waals surface area contributed by atoms with Crippen LogP contribution in [-0.2, 0) is 11.2 Å². The molecular formula is C17H25NO. The fourth-order valence-electron chi connectivity index (χ4n) is 3.35. The van der Waals surface area contributed by atoms with Crippen LogP contribution in [0.4, 0.5) is 0 Å². The Morgan fingerprint density at radius 2 is 2.16 bits per heavy atom. The topological polar surface area (TPSA) is 21.3 Å². The summed E-state index contributed by atoms with van der Waals surface area (Å²) in [7, 11) is 2.11. The third-order valence-electron chi connectivity index (χ3n) is 4.64. The molecule has 1 aliphatic carbocycles. The molecule has 2 nitrogen and oxygen atoms in total. The predicted octanol–water partition coefficient (Wildman–Crippen LogP) is 3.47. The van der Waals surface area contributed by atoms with E-state index in [4.69, 9.17) is 4.74 Å². The van der Waals surface area contributed by atoms with E-state index in [1.54, 1.807) is 0 Å². The van der Waals surface area contributed by atoms with Crippen molar-refractivity contribution in [1.82, 2.24) is 5.32 Å². The van der Waals surface area contributed by atoms with Crippen molar-refractivity contribution in [3.05, 3.63) is 35.4 Å². The summed E-state index contributed by atoms with van der Waals surface area (Å²) in [6.07, 6.45) is 7.99. The lowest BCUT2D eigenvalue weighted by atomic mass is 9.93. The maximum absolute atomic E-state index is 5.98. The van der Waals surface area contributed by atoms with Gasteiger partial charge in [0, 0.05) is 6.04 Å². The van der Waals surface area contributed by atoms with E-state index < -0.39 is 0 Å². The van der Waals surface area contributed by atoms with Gasteiger partial charge in [0.2, 0.25) is 0 Å². The van der Waals surface area contributed by atoms with Gasteiger partial charge in [-0.1, -0.05) is 24.3 Å². The molecule has 104 valence electrons. The van der Waals surface area contributed by atoms with Crippen LogP contribution in [0.15, 0.2) is 24.3 Å². The second-order valence-electron chi connectivity index (χ2n) is 5.97. The Labute approximate surface area is 116 Å². The minimum atomic E-state index is 0.335. The van der Waals surface area contributed by atoms with E-state index >= 15 is 0 Å². The summed E-state index contributed by atoms with van der Waals surface area (Å²) in [5, 5.41) is 3.48. The molecule has 3 rings (SSSR count). The second-order valence-corrected chi connectivity index (χ2v) is 5.97. The van der Waals surface area contributed by atoms with Crippen LogP contribution in [-0.4, -0.2) is 19.7 Å². The molecule has 1 saturated carbocycles. The monoisotopic (exact) mass is 259 g/mol. The normalized spacial score (nSPS) is 23.9. The number of fused-ring (bicyclic) bond motifs is 1. The molecule has 1 aromatic rings. The van der Waals surface area contributed by atoms with E-state index in [0.29, 0.717) is 6.10 Å². The molecule has 1 heterocycles. The highest BCUT2D eigenvalue weighted by molar-refractivity contribution is 5.30. The van der Waals surface area contributed by atoms with Crippen molar-refractivity contribution in [2.45, 2.75) is 50.7 Å². The van der Waals surface area contributed by atoms with Crippen molar-refractivity contribution in [2.24, 2.45) is 5.92 Å². The van der Waals surface area contributed by atoms with E-state index in [0.717, 1.165) is 25.0 Å².